The average Bonchev–Trinajstić information content (AvgIpc) is 3.00. The first-order valence-electron chi connectivity index (χ1n) is 8.29. The van der Waals surface area contributed by atoms with Crippen molar-refractivity contribution in [3.05, 3.63) is 47.0 Å². The first kappa shape index (κ1) is 17.1. The van der Waals surface area contributed by atoms with Gasteiger partial charge in [0.15, 0.2) is 5.13 Å². The Kier molecular flexibility index (Phi) is 5.96. The minimum Gasteiger partial charge on any atom is -0.376 e. The lowest BCUT2D eigenvalue weighted by atomic mass is 10.1. The summed E-state index contributed by atoms with van der Waals surface area (Å²) in [6, 6.07) is 10.5. The fraction of sp³-hybridized carbons (Fsp3) is 0.444. The van der Waals surface area contributed by atoms with Crippen molar-refractivity contribution in [3.63, 3.8) is 0 Å². The summed E-state index contributed by atoms with van der Waals surface area (Å²) in [5.74, 6) is -0.0803. The molecular formula is C18H23N3O2S. The normalized spacial score (nSPS) is 18.5. The largest absolute Gasteiger partial charge is 0.376 e. The van der Waals surface area contributed by atoms with Gasteiger partial charge in [-0.2, -0.15) is 0 Å². The second-order valence-electron chi connectivity index (χ2n) is 6.08. The van der Waals surface area contributed by atoms with E-state index in [0.717, 1.165) is 44.8 Å². The third kappa shape index (κ3) is 5.12. The molecule has 1 amide bonds. The molecule has 24 heavy (non-hydrogen) atoms. The summed E-state index contributed by atoms with van der Waals surface area (Å²) in [6.07, 6.45) is 2.35. The zero-order valence-corrected chi connectivity index (χ0v) is 14.7. The third-order valence-corrected chi connectivity index (χ3v) is 4.85. The van der Waals surface area contributed by atoms with Crippen LogP contribution in [0.3, 0.4) is 0 Å². The molecule has 0 bridgehead atoms. The summed E-state index contributed by atoms with van der Waals surface area (Å²) in [6.45, 7) is 4.93. The molecule has 1 aromatic heterocycles. The summed E-state index contributed by atoms with van der Waals surface area (Å²) in [4.78, 5) is 17.9. The first-order valence-corrected chi connectivity index (χ1v) is 9.17. The number of carbonyl (C=O) groups is 1. The molecular weight excluding hydrogens is 322 g/mol. The van der Waals surface area contributed by atoms with Crippen LogP contribution in [0.1, 0.15) is 24.6 Å². The van der Waals surface area contributed by atoms with Crippen molar-refractivity contribution >= 4 is 22.4 Å². The lowest BCUT2D eigenvalue weighted by molar-refractivity contribution is -0.114. The van der Waals surface area contributed by atoms with Crippen LogP contribution in [0, 0.1) is 0 Å². The van der Waals surface area contributed by atoms with E-state index in [0.29, 0.717) is 5.13 Å². The number of ether oxygens (including phenoxy) is 1. The lowest BCUT2D eigenvalue weighted by Crippen LogP contribution is -2.42. The number of hydrogen-bond acceptors (Lipinski definition) is 5. The number of carbonyl (C=O) groups excluding carboxylic acids is 1. The van der Waals surface area contributed by atoms with E-state index in [1.807, 2.05) is 11.4 Å². The number of rotatable bonds is 6. The van der Waals surface area contributed by atoms with Crippen LogP contribution in [-0.2, 0) is 22.5 Å². The van der Waals surface area contributed by atoms with Gasteiger partial charge in [0.1, 0.15) is 0 Å². The van der Waals surface area contributed by atoms with E-state index < -0.39 is 0 Å². The molecule has 0 saturated carbocycles. The Balaban J connectivity index is 1.48. The number of hydrogen-bond donors (Lipinski definition) is 1. The van der Waals surface area contributed by atoms with Crippen LogP contribution in [0.5, 0.6) is 0 Å². The molecule has 1 saturated heterocycles. The smallest absolute Gasteiger partial charge is 0.223 e. The number of nitrogens with zero attached hydrogens (tertiary/aromatic N) is 2. The number of morpholine rings is 1. The van der Waals surface area contributed by atoms with Crippen LogP contribution in [0.4, 0.5) is 5.13 Å². The number of anilines is 1. The fourth-order valence-corrected chi connectivity index (χ4v) is 3.64. The van der Waals surface area contributed by atoms with E-state index >= 15 is 0 Å². The molecule has 1 aliphatic rings. The standard InChI is InChI=1S/C18H23N3O2S/c1-14(22)19-18-20-16(13-24-18)11-21-9-10-23-17(12-21)8-7-15-5-3-2-4-6-15/h2-6,13,17H,7-12H2,1H3,(H,19,20,22)/t17-/m0/s1. The predicted molar refractivity (Wildman–Crippen MR) is 96.2 cm³/mol. The number of aromatic nitrogens is 1. The van der Waals surface area contributed by atoms with Crippen molar-refractivity contribution in [1.29, 1.82) is 0 Å². The minimum atomic E-state index is -0.0803. The molecule has 1 N–H and O–H groups in total. The van der Waals surface area contributed by atoms with E-state index in [-0.39, 0.29) is 12.0 Å². The quantitative estimate of drug-likeness (QED) is 0.875. The Labute approximate surface area is 146 Å². The summed E-state index contributed by atoms with van der Waals surface area (Å²) in [7, 11) is 0. The molecule has 6 heteroatoms. The fourth-order valence-electron chi connectivity index (χ4n) is 2.89. The van der Waals surface area contributed by atoms with Crippen LogP contribution in [0.15, 0.2) is 35.7 Å². The molecule has 0 unspecified atom stereocenters. The van der Waals surface area contributed by atoms with Gasteiger partial charge < -0.3 is 10.1 Å². The van der Waals surface area contributed by atoms with Gasteiger partial charge in [0, 0.05) is 31.9 Å². The van der Waals surface area contributed by atoms with Crippen LogP contribution < -0.4 is 5.32 Å². The first-order chi connectivity index (χ1) is 11.7. The molecule has 3 rings (SSSR count). The van der Waals surface area contributed by atoms with Crippen molar-refractivity contribution in [2.75, 3.05) is 25.0 Å². The van der Waals surface area contributed by atoms with Gasteiger partial charge in [-0.05, 0) is 18.4 Å². The topological polar surface area (TPSA) is 54.5 Å². The molecule has 1 aliphatic heterocycles. The summed E-state index contributed by atoms with van der Waals surface area (Å²) in [5.41, 5.74) is 2.37. The van der Waals surface area contributed by atoms with Gasteiger partial charge >= 0.3 is 0 Å². The molecule has 1 fully saturated rings. The van der Waals surface area contributed by atoms with Crippen molar-refractivity contribution in [2.24, 2.45) is 0 Å². The molecule has 5 nitrogen and oxygen atoms in total. The Hall–Kier alpha value is -1.76. The second kappa shape index (κ2) is 8.37. The van der Waals surface area contributed by atoms with E-state index in [9.17, 15) is 4.79 Å². The van der Waals surface area contributed by atoms with E-state index in [4.69, 9.17) is 4.74 Å². The van der Waals surface area contributed by atoms with E-state index in [2.05, 4.69) is 39.5 Å². The zero-order valence-electron chi connectivity index (χ0n) is 13.9. The molecule has 0 radical (unpaired) electrons. The number of benzene rings is 1. The van der Waals surface area contributed by atoms with Crippen LogP contribution in [-0.4, -0.2) is 41.6 Å². The highest BCUT2D eigenvalue weighted by Gasteiger charge is 2.21. The highest BCUT2D eigenvalue weighted by molar-refractivity contribution is 7.13. The van der Waals surface area contributed by atoms with Crippen LogP contribution in [0.25, 0.3) is 0 Å². The van der Waals surface area contributed by atoms with Gasteiger partial charge in [-0.25, -0.2) is 4.98 Å². The lowest BCUT2D eigenvalue weighted by Gasteiger charge is -2.32. The summed E-state index contributed by atoms with van der Waals surface area (Å²) in [5, 5.41) is 5.42. The third-order valence-electron chi connectivity index (χ3n) is 4.04. The van der Waals surface area contributed by atoms with E-state index in [1.165, 1.54) is 23.8 Å². The monoisotopic (exact) mass is 345 g/mol. The number of nitrogens with one attached hydrogen (secondary N) is 1. The summed E-state index contributed by atoms with van der Waals surface area (Å²) >= 11 is 1.47. The molecule has 1 atom stereocenters. The van der Waals surface area contributed by atoms with Crippen molar-refractivity contribution < 1.29 is 9.53 Å². The molecule has 0 aliphatic carbocycles. The Morgan fingerprint density at radius 1 is 1.42 bits per heavy atom. The van der Waals surface area contributed by atoms with E-state index in [1.54, 1.807) is 0 Å². The van der Waals surface area contributed by atoms with Crippen LogP contribution >= 0.6 is 11.3 Å². The molecule has 128 valence electrons. The Morgan fingerprint density at radius 3 is 3.04 bits per heavy atom. The average molecular weight is 345 g/mol. The van der Waals surface area contributed by atoms with Gasteiger partial charge in [0.2, 0.25) is 5.91 Å². The minimum absolute atomic E-state index is 0.0803. The Bertz CT molecular complexity index is 659. The van der Waals surface area contributed by atoms with Gasteiger partial charge in [0.05, 0.1) is 18.4 Å². The van der Waals surface area contributed by atoms with Gasteiger partial charge in [-0.1, -0.05) is 30.3 Å². The molecule has 0 spiro atoms. The maximum atomic E-state index is 11.1. The number of aryl methyl sites for hydroxylation is 1. The summed E-state index contributed by atoms with van der Waals surface area (Å²) < 4.78 is 5.91. The maximum absolute atomic E-state index is 11.1. The molecule has 2 aromatic rings. The number of amides is 1. The van der Waals surface area contributed by atoms with Crippen LogP contribution in [0.2, 0.25) is 0 Å². The Morgan fingerprint density at radius 2 is 2.25 bits per heavy atom. The van der Waals surface area contributed by atoms with Crippen molar-refractivity contribution in [3.8, 4) is 0 Å². The number of thiazole rings is 1. The highest BCUT2D eigenvalue weighted by atomic mass is 32.1. The van der Waals surface area contributed by atoms with Crippen molar-refractivity contribution in [1.82, 2.24) is 9.88 Å². The molecule has 1 aromatic carbocycles. The van der Waals surface area contributed by atoms with Gasteiger partial charge in [-0.3, -0.25) is 9.69 Å². The maximum Gasteiger partial charge on any atom is 0.223 e. The molecule has 2 heterocycles. The highest BCUT2D eigenvalue weighted by Crippen LogP contribution is 2.19. The van der Waals surface area contributed by atoms with Crippen molar-refractivity contribution in [2.45, 2.75) is 32.4 Å². The van der Waals surface area contributed by atoms with Gasteiger partial charge in [0.25, 0.3) is 0 Å². The van der Waals surface area contributed by atoms with Gasteiger partial charge in [-0.15, -0.1) is 11.3 Å². The predicted octanol–water partition coefficient (Wildman–Crippen LogP) is 2.94. The second-order valence-corrected chi connectivity index (χ2v) is 6.94. The zero-order chi connectivity index (χ0) is 16.8. The SMILES string of the molecule is CC(=O)Nc1nc(CN2CCO[C@@H](CCc3ccccc3)C2)cs1.